The Morgan fingerprint density at radius 3 is 2.45 bits per heavy atom. The van der Waals surface area contributed by atoms with Crippen LogP contribution in [0.3, 0.4) is 0 Å². The molecule has 7 nitrogen and oxygen atoms in total. The fourth-order valence-electron chi connectivity index (χ4n) is 2.54. The molecule has 0 spiro atoms. The summed E-state index contributed by atoms with van der Waals surface area (Å²) >= 11 is 0. The third kappa shape index (κ3) is 2.38. The smallest absolute Gasteiger partial charge is 0.407 e. The lowest BCUT2D eigenvalue weighted by molar-refractivity contribution is -0.125. The zero-order chi connectivity index (χ0) is 14.8. The monoisotopic (exact) mass is 279 g/mol. The lowest BCUT2D eigenvalue weighted by atomic mass is 9.73. The SMILES string of the molecule is COc1ccc(C2(C(N)=O)CCN(C(=O)O)CC2)cn1. The van der Waals surface area contributed by atoms with Gasteiger partial charge in [-0.2, -0.15) is 0 Å². The van der Waals surface area contributed by atoms with E-state index in [-0.39, 0.29) is 13.1 Å². The number of methoxy groups -OCH3 is 1. The predicted octanol–water partition coefficient (Wildman–Crippen LogP) is 0.587. The van der Waals surface area contributed by atoms with Crippen LogP contribution in [0.4, 0.5) is 4.79 Å². The molecule has 2 rings (SSSR count). The number of carboxylic acid groups (broad SMARTS) is 1. The summed E-state index contributed by atoms with van der Waals surface area (Å²) in [5.74, 6) is 0.00541. The number of hydrogen-bond donors (Lipinski definition) is 2. The van der Waals surface area contributed by atoms with Gasteiger partial charge in [-0.15, -0.1) is 0 Å². The minimum Gasteiger partial charge on any atom is -0.481 e. The van der Waals surface area contributed by atoms with Crippen LogP contribution in [0.2, 0.25) is 0 Å². The summed E-state index contributed by atoms with van der Waals surface area (Å²) < 4.78 is 4.99. The van der Waals surface area contributed by atoms with Crippen molar-refractivity contribution in [3.63, 3.8) is 0 Å². The number of likely N-dealkylation sites (tertiary alicyclic amines) is 1. The average molecular weight is 279 g/mol. The molecule has 0 aromatic carbocycles. The molecule has 1 aromatic rings. The lowest BCUT2D eigenvalue weighted by Gasteiger charge is -2.38. The van der Waals surface area contributed by atoms with Gasteiger partial charge in [0, 0.05) is 25.4 Å². The van der Waals surface area contributed by atoms with E-state index in [0.717, 1.165) is 0 Å². The molecule has 2 heterocycles. The number of piperidine rings is 1. The molecule has 1 fully saturated rings. The first-order valence-electron chi connectivity index (χ1n) is 6.28. The molecule has 1 saturated heterocycles. The van der Waals surface area contributed by atoms with Crippen molar-refractivity contribution in [1.29, 1.82) is 0 Å². The highest BCUT2D eigenvalue weighted by atomic mass is 16.5. The molecule has 3 N–H and O–H groups in total. The van der Waals surface area contributed by atoms with Crippen molar-refractivity contribution in [2.75, 3.05) is 20.2 Å². The first kappa shape index (κ1) is 14.1. The van der Waals surface area contributed by atoms with Crippen molar-refractivity contribution in [2.45, 2.75) is 18.3 Å². The van der Waals surface area contributed by atoms with E-state index in [0.29, 0.717) is 24.3 Å². The van der Waals surface area contributed by atoms with Crippen molar-refractivity contribution < 1.29 is 19.4 Å². The van der Waals surface area contributed by atoms with Gasteiger partial charge in [-0.3, -0.25) is 4.79 Å². The number of nitrogens with zero attached hydrogens (tertiary/aromatic N) is 2. The zero-order valence-corrected chi connectivity index (χ0v) is 11.2. The number of aromatic nitrogens is 1. The Morgan fingerprint density at radius 2 is 2.05 bits per heavy atom. The molecule has 1 aromatic heterocycles. The number of pyridine rings is 1. The van der Waals surface area contributed by atoms with Crippen LogP contribution < -0.4 is 10.5 Å². The van der Waals surface area contributed by atoms with Crippen molar-refractivity contribution in [3.8, 4) is 5.88 Å². The van der Waals surface area contributed by atoms with Crippen molar-refractivity contribution in [3.05, 3.63) is 23.9 Å². The summed E-state index contributed by atoms with van der Waals surface area (Å²) in [4.78, 5) is 28.2. The van der Waals surface area contributed by atoms with Gasteiger partial charge in [-0.1, -0.05) is 6.07 Å². The highest BCUT2D eigenvalue weighted by Gasteiger charge is 2.42. The van der Waals surface area contributed by atoms with E-state index in [1.165, 1.54) is 12.0 Å². The first-order valence-corrected chi connectivity index (χ1v) is 6.28. The highest BCUT2D eigenvalue weighted by molar-refractivity contribution is 5.87. The molecule has 108 valence electrons. The molecular weight excluding hydrogens is 262 g/mol. The Balaban J connectivity index is 2.27. The maximum Gasteiger partial charge on any atom is 0.407 e. The van der Waals surface area contributed by atoms with Gasteiger partial charge in [0.1, 0.15) is 0 Å². The number of primary amides is 1. The Labute approximate surface area is 116 Å². The van der Waals surface area contributed by atoms with Crippen LogP contribution in [0.1, 0.15) is 18.4 Å². The van der Waals surface area contributed by atoms with Gasteiger partial charge in [-0.05, 0) is 18.4 Å². The van der Waals surface area contributed by atoms with Crippen LogP contribution in [0, 0.1) is 0 Å². The summed E-state index contributed by atoms with van der Waals surface area (Å²) in [6.45, 7) is 0.564. The summed E-state index contributed by atoms with van der Waals surface area (Å²) in [5.41, 5.74) is 5.41. The normalized spacial score (nSPS) is 17.6. The third-order valence-corrected chi connectivity index (χ3v) is 3.86. The van der Waals surface area contributed by atoms with Crippen molar-refractivity contribution >= 4 is 12.0 Å². The third-order valence-electron chi connectivity index (χ3n) is 3.86. The minimum absolute atomic E-state index is 0.282. The van der Waals surface area contributed by atoms with Crippen LogP contribution in [0.15, 0.2) is 18.3 Å². The fourth-order valence-corrected chi connectivity index (χ4v) is 2.54. The molecule has 1 aliphatic rings. The topological polar surface area (TPSA) is 106 Å². The van der Waals surface area contributed by atoms with Gasteiger partial charge in [0.2, 0.25) is 11.8 Å². The van der Waals surface area contributed by atoms with E-state index in [1.807, 2.05) is 0 Å². The zero-order valence-electron chi connectivity index (χ0n) is 11.2. The second kappa shape index (κ2) is 5.36. The second-order valence-corrected chi connectivity index (χ2v) is 4.81. The number of ether oxygens (including phenoxy) is 1. The molecule has 0 unspecified atom stereocenters. The number of amides is 2. The fraction of sp³-hybridized carbons (Fsp3) is 0.462. The maximum atomic E-state index is 11.9. The van der Waals surface area contributed by atoms with Gasteiger partial charge >= 0.3 is 6.09 Å². The minimum atomic E-state index is -0.976. The molecular formula is C13H17N3O4. The Kier molecular flexibility index (Phi) is 3.78. The number of rotatable bonds is 3. The van der Waals surface area contributed by atoms with Crippen LogP contribution in [0.25, 0.3) is 0 Å². The summed E-state index contributed by atoms with van der Waals surface area (Å²) in [7, 11) is 1.51. The molecule has 1 aliphatic heterocycles. The Hall–Kier alpha value is -2.31. The maximum absolute atomic E-state index is 11.9. The van der Waals surface area contributed by atoms with Crippen molar-refractivity contribution in [2.24, 2.45) is 5.73 Å². The molecule has 0 saturated carbocycles. The van der Waals surface area contributed by atoms with Crippen LogP contribution in [0.5, 0.6) is 5.88 Å². The van der Waals surface area contributed by atoms with Gasteiger partial charge in [0.05, 0.1) is 12.5 Å². The van der Waals surface area contributed by atoms with E-state index in [4.69, 9.17) is 15.6 Å². The van der Waals surface area contributed by atoms with Crippen LogP contribution >= 0.6 is 0 Å². The summed E-state index contributed by atoms with van der Waals surface area (Å²) in [5, 5.41) is 8.97. The van der Waals surface area contributed by atoms with Crippen LogP contribution in [-0.4, -0.2) is 47.2 Å². The van der Waals surface area contributed by atoms with Gasteiger partial charge in [-0.25, -0.2) is 9.78 Å². The predicted molar refractivity (Wildman–Crippen MR) is 70.5 cm³/mol. The number of hydrogen-bond acceptors (Lipinski definition) is 4. The standard InChI is InChI=1S/C13H17N3O4/c1-20-10-3-2-9(8-15-10)13(11(14)17)4-6-16(7-5-13)12(18)19/h2-3,8H,4-7H2,1H3,(H2,14,17)(H,18,19). The molecule has 0 bridgehead atoms. The Bertz CT molecular complexity index is 507. The number of carbonyl (C=O) groups is 2. The van der Waals surface area contributed by atoms with E-state index in [2.05, 4.69) is 4.98 Å². The van der Waals surface area contributed by atoms with Gasteiger partial charge < -0.3 is 20.5 Å². The Morgan fingerprint density at radius 1 is 1.40 bits per heavy atom. The number of nitrogens with two attached hydrogens (primary N) is 1. The lowest BCUT2D eigenvalue weighted by Crippen LogP contribution is -2.51. The quantitative estimate of drug-likeness (QED) is 0.842. The molecule has 0 radical (unpaired) electrons. The molecule has 0 aliphatic carbocycles. The molecule has 2 amide bonds. The van der Waals surface area contributed by atoms with E-state index in [1.54, 1.807) is 18.3 Å². The molecule has 0 atom stereocenters. The van der Waals surface area contributed by atoms with Crippen LogP contribution in [-0.2, 0) is 10.2 Å². The van der Waals surface area contributed by atoms with E-state index >= 15 is 0 Å². The van der Waals surface area contributed by atoms with E-state index < -0.39 is 17.4 Å². The summed E-state index contributed by atoms with van der Waals surface area (Å²) in [6, 6.07) is 3.43. The second-order valence-electron chi connectivity index (χ2n) is 4.81. The molecule has 20 heavy (non-hydrogen) atoms. The largest absolute Gasteiger partial charge is 0.481 e. The summed E-state index contributed by atoms with van der Waals surface area (Å²) in [6.07, 6.45) is 1.32. The van der Waals surface area contributed by atoms with Gasteiger partial charge in [0.25, 0.3) is 0 Å². The van der Waals surface area contributed by atoms with Gasteiger partial charge in [0.15, 0.2) is 0 Å². The van der Waals surface area contributed by atoms with E-state index in [9.17, 15) is 9.59 Å². The van der Waals surface area contributed by atoms with Crippen molar-refractivity contribution in [1.82, 2.24) is 9.88 Å². The average Bonchev–Trinajstić information content (AvgIpc) is 2.47. The number of carbonyl (C=O) groups excluding carboxylic acids is 1. The molecule has 7 heteroatoms. The first-order chi connectivity index (χ1) is 9.49. The highest BCUT2D eigenvalue weighted by Crippen LogP contribution is 2.35.